The number of Topliss-reactive ketones (excluding diaryl/α,β-unsaturated/α-hetero) is 1. The summed E-state index contributed by atoms with van der Waals surface area (Å²) in [5.74, 6) is -1.89. The molecule has 3 N–H and O–H groups in total. The number of carbonyl (C=O) groups excluding carboxylic acids is 3. The average molecular weight is 490 g/mol. The Morgan fingerprint density at radius 3 is 2.79 bits per heavy atom. The maximum atomic E-state index is 14.2. The molecule has 3 rings (SSSR count). The van der Waals surface area contributed by atoms with Crippen molar-refractivity contribution in [2.45, 2.75) is 32.0 Å². The van der Waals surface area contributed by atoms with E-state index in [-0.39, 0.29) is 40.9 Å². The van der Waals surface area contributed by atoms with Crippen LogP contribution in [0.1, 0.15) is 24.5 Å². The lowest BCUT2D eigenvalue weighted by atomic mass is 10.1. The van der Waals surface area contributed by atoms with Crippen LogP contribution in [0.2, 0.25) is 5.02 Å². The van der Waals surface area contributed by atoms with E-state index in [1.54, 1.807) is 12.1 Å². The van der Waals surface area contributed by atoms with Crippen LogP contribution in [0.25, 0.3) is 0 Å². The van der Waals surface area contributed by atoms with Crippen molar-refractivity contribution in [2.24, 2.45) is 0 Å². The second-order valence-corrected chi connectivity index (χ2v) is 8.14. The van der Waals surface area contributed by atoms with Crippen molar-refractivity contribution in [3.63, 3.8) is 0 Å². The van der Waals surface area contributed by atoms with Gasteiger partial charge in [0.25, 0.3) is 0 Å². The predicted octanol–water partition coefficient (Wildman–Crippen LogP) is 2.18. The molecule has 1 aromatic heterocycles. The quantitative estimate of drug-likeness (QED) is 0.464. The summed E-state index contributed by atoms with van der Waals surface area (Å²) in [6.45, 7) is 1.31. The molecule has 1 aliphatic heterocycles. The fourth-order valence-corrected chi connectivity index (χ4v) is 3.98. The molecule has 9 nitrogen and oxygen atoms in total. The van der Waals surface area contributed by atoms with E-state index in [2.05, 4.69) is 15.6 Å². The predicted molar refractivity (Wildman–Crippen MR) is 124 cm³/mol. The highest BCUT2D eigenvalue weighted by Gasteiger charge is 2.41. The maximum absolute atomic E-state index is 14.2. The zero-order valence-electron chi connectivity index (χ0n) is 18.7. The molecule has 1 saturated heterocycles. The topological polar surface area (TPSA) is 124 Å². The molecule has 1 aliphatic rings. The van der Waals surface area contributed by atoms with Gasteiger partial charge in [-0.25, -0.2) is 4.39 Å². The minimum absolute atomic E-state index is 0.0430. The van der Waals surface area contributed by atoms with Crippen LogP contribution < -0.4 is 10.6 Å². The molecule has 2 amide bonds. The van der Waals surface area contributed by atoms with Crippen LogP contribution in [-0.4, -0.2) is 65.5 Å². The molecule has 180 valence electrons. The molecule has 2 atom stereocenters. The standard InChI is InChI=1S/C23H25ClFN5O4/c1-13(31)21(26)15-11-27-8-6-17(15)28-12-19(32)30-9-7-18(34-2)22(30)23(33)29-10-14-4-3-5-16(24)20(14)25/h3-6,8,11,18,22,26H,7,9-10,12H2,1-2H3,(H,27,28)(H,29,33)/t18-,22+/m1/s1. The Balaban J connectivity index is 1.69. The Morgan fingerprint density at radius 1 is 1.32 bits per heavy atom. The number of benzene rings is 1. The number of ether oxygens (including phenoxy) is 1. The third-order valence-electron chi connectivity index (χ3n) is 5.59. The number of anilines is 1. The Labute approximate surface area is 201 Å². The van der Waals surface area contributed by atoms with Crippen molar-refractivity contribution in [1.82, 2.24) is 15.2 Å². The van der Waals surface area contributed by atoms with Crippen molar-refractivity contribution in [3.05, 3.63) is 58.6 Å². The van der Waals surface area contributed by atoms with Gasteiger partial charge < -0.3 is 20.3 Å². The van der Waals surface area contributed by atoms with Crippen LogP contribution in [0.3, 0.4) is 0 Å². The highest BCUT2D eigenvalue weighted by atomic mass is 35.5. The largest absolute Gasteiger partial charge is 0.379 e. The normalized spacial score (nSPS) is 17.4. The molecule has 2 aromatic rings. The van der Waals surface area contributed by atoms with Gasteiger partial charge in [-0.1, -0.05) is 23.7 Å². The van der Waals surface area contributed by atoms with Gasteiger partial charge in [0.15, 0.2) is 5.78 Å². The van der Waals surface area contributed by atoms with Gasteiger partial charge in [-0.3, -0.25) is 24.8 Å². The molecule has 34 heavy (non-hydrogen) atoms. The summed E-state index contributed by atoms with van der Waals surface area (Å²) in [5.41, 5.74) is 0.681. The van der Waals surface area contributed by atoms with Crippen molar-refractivity contribution in [2.75, 3.05) is 25.5 Å². The van der Waals surface area contributed by atoms with E-state index < -0.39 is 29.7 Å². The molecule has 0 radical (unpaired) electrons. The molecule has 1 fully saturated rings. The summed E-state index contributed by atoms with van der Waals surface area (Å²) in [6, 6.07) is 5.18. The Morgan fingerprint density at radius 2 is 2.09 bits per heavy atom. The molecule has 0 spiro atoms. The van der Waals surface area contributed by atoms with E-state index >= 15 is 0 Å². The van der Waals surface area contributed by atoms with Gasteiger partial charge in [0.05, 0.1) is 17.7 Å². The first-order valence-corrected chi connectivity index (χ1v) is 10.9. The van der Waals surface area contributed by atoms with Crippen LogP contribution in [0.4, 0.5) is 10.1 Å². The lowest BCUT2D eigenvalue weighted by Gasteiger charge is -2.27. The second kappa shape index (κ2) is 11.2. The van der Waals surface area contributed by atoms with Crippen molar-refractivity contribution >= 4 is 40.6 Å². The molecule has 0 unspecified atom stereocenters. The van der Waals surface area contributed by atoms with Crippen molar-refractivity contribution in [1.29, 1.82) is 5.41 Å². The van der Waals surface area contributed by atoms with E-state index in [0.717, 1.165) is 0 Å². The molecule has 0 saturated carbocycles. The van der Waals surface area contributed by atoms with E-state index in [4.69, 9.17) is 21.7 Å². The molecule has 0 aliphatic carbocycles. The maximum Gasteiger partial charge on any atom is 0.245 e. The van der Waals surface area contributed by atoms with E-state index in [1.807, 2.05) is 0 Å². The van der Waals surface area contributed by atoms with Crippen molar-refractivity contribution in [3.8, 4) is 0 Å². The number of nitrogens with one attached hydrogen (secondary N) is 3. The first kappa shape index (κ1) is 25.3. The number of amides is 2. The number of carbonyl (C=O) groups is 3. The van der Waals surface area contributed by atoms with E-state index in [0.29, 0.717) is 18.7 Å². The zero-order chi connectivity index (χ0) is 24.8. The first-order chi connectivity index (χ1) is 16.2. The van der Waals surface area contributed by atoms with Crippen LogP contribution in [-0.2, 0) is 25.7 Å². The zero-order valence-corrected chi connectivity index (χ0v) is 19.5. The van der Waals surface area contributed by atoms with Crippen LogP contribution in [0.5, 0.6) is 0 Å². The number of methoxy groups -OCH3 is 1. The van der Waals surface area contributed by atoms with Crippen LogP contribution in [0.15, 0.2) is 36.7 Å². The third-order valence-corrected chi connectivity index (χ3v) is 5.88. The van der Waals surface area contributed by atoms with Crippen LogP contribution >= 0.6 is 11.6 Å². The lowest BCUT2D eigenvalue weighted by molar-refractivity contribution is -0.140. The summed E-state index contributed by atoms with van der Waals surface area (Å²) < 4.78 is 19.6. The number of likely N-dealkylation sites (tertiary alicyclic amines) is 1. The van der Waals surface area contributed by atoms with Gasteiger partial charge in [-0.2, -0.15) is 0 Å². The van der Waals surface area contributed by atoms with E-state index in [9.17, 15) is 18.8 Å². The minimum atomic E-state index is -0.894. The van der Waals surface area contributed by atoms with Gasteiger partial charge in [0, 0.05) is 56.3 Å². The highest BCUT2D eigenvalue weighted by molar-refractivity contribution is 6.45. The van der Waals surface area contributed by atoms with Crippen LogP contribution in [0, 0.1) is 11.2 Å². The van der Waals surface area contributed by atoms with Gasteiger partial charge >= 0.3 is 0 Å². The molecular weight excluding hydrogens is 465 g/mol. The summed E-state index contributed by atoms with van der Waals surface area (Å²) in [5, 5.41) is 13.5. The number of aromatic nitrogens is 1. The summed E-state index contributed by atoms with van der Waals surface area (Å²) in [6.07, 6.45) is 2.79. The number of halogens is 2. The molecule has 2 heterocycles. The molecular formula is C23H25ClFN5O4. The number of hydrogen-bond donors (Lipinski definition) is 3. The summed E-state index contributed by atoms with van der Waals surface area (Å²) >= 11 is 5.80. The fourth-order valence-electron chi connectivity index (χ4n) is 3.78. The fraction of sp³-hybridized carbons (Fsp3) is 0.348. The molecule has 0 bridgehead atoms. The van der Waals surface area contributed by atoms with Gasteiger partial charge in [-0.05, 0) is 18.6 Å². The minimum Gasteiger partial charge on any atom is -0.379 e. The SMILES string of the molecule is CO[C@@H]1CCN(C(=O)CNc2ccncc2C(=N)C(C)=O)[C@@H]1C(=O)NCc1cccc(Cl)c1F. The number of ketones is 1. The average Bonchev–Trinajstić information content (AvgIpc) is 3.27. The second-order valence-electron chi connectivity index (χ2n) is 7.73. The smallest absolute Gasteiger partial charge is 0.245 e. The molecule has 1 aromatic carbocycles. The van der Waals surface area contributed by atoms with Gasteiger partial charge in [0.1, 0.15) is 17.6 Å². The lowest BCUT2D eigenvalue weighted by Crippen LogP contribution is -2.51. The number of nitrogens with zero attached hydrogens (tertiary/aromatic N) is 2. The Hall–Kier alpha value is -3.37. The monoisotopic (exact) mass is 489 g/mol. The first-order valence-electron chi connectivity index (χ1n) is 10.5. The molecule has 11 heteroatoms. The van der Waals surface area contributed by atoms with E-state index in [1.165, 1.54) is 43.5 Å². The Bertz CT molecular complexity index is 1110. The number of rotatable bonds is 9. The van der Waals surface area contributed by atoms with Gasteiger partial charge in [-0.15, -0.1) is 0 Å². The summed E-state index contributed by atoms with van der Waals surface area (Å²) in [7, 11) is 1.46. The third kappa shape index (κ3) is 5.57. The van der Waals surface area contributed by atoms with Crippen molar-refractivity contribution < 1.29 is 23.5 Å². The highest BCUT2D eigenvalue weighted by Crippen LogP contribution is 2.23. The number of hydrogen-bond acceptors (Lipinski definition) is 7. The summed E-state index contributed by atoms with van der Waals surface area (Å²) in [4.78, 5) is 42.9. The van der Waals surface area contributed by atoms with Gasteiger partial charge in [0.2, 0.25) is 11.8 Å². The Kier molecular flexibility index (Phi) is 8.30. The number of pyridine rings is 1.